The molecule has 1 aliphatic carbocycles. The number of hydrogen-bond acceptors (Lipinski definition) is 2. The summed E-state index contributed by atoms with van der Waals surface area (Å²) in [7, 11) is 1.60. The maximum atomic E-state index is 13.1. The smallest absolute Gasteiger partial charge is 0.418 e. The summed E-state index contributed by atoms with van der Waals surface area (Å²) in [5, 5.41) is 5.11. The topological polar surface area (TPSA) is 50.4 Å². The molecule has 0 aromatic heterocycles. The molecule has 3 rings (SSSR count). The van der Waals surface area contributed by atoms with Crippen molar-refractivity contribution in [3.05, 3.63) is 59.7 Å². The monoisotopic (exact) mass is 392 g/mol. The number of urea groups is 1. The zero-order chi connectivity index (χ0) is 20.2. The van der Waals surface area contributed by atoms with Crippen LogP contribution in [-0.2, 0) is 11.6 Å². The molecule has 0 bridgehead atoms. The average Bonchev–Trinajstić information content (AvgIpc) is 3.16. The maximum Gasteiger partial charge on any atom is 0.418 e. The molecule has 0 aliphatic heterocycles. The molecular formula is C21H23F3N2O2. The molecule has 2 amide bonds. The van der Waals surface area contributed by atoms with Gasteiger partial charge in [-0.2, -0.15) is 13.2 Å². The van der Waals surface area contributed by atoms with E-state index in [-0.39, 0.29) is 11.1 Å². The highest BCUT2D eigenvalue weighted by Gasteiger charge is 2.36. The highest BCUT2D eigenvalue weighted by atomic mass is 19.4. The minimum absolute atomic E-state index is 0.215. The highest BCUT2D eigenvalue weighted by molar-refractivity contribution is 5.90. The number of amides is 2. The van der Waals surface area contributed by atoms with E-state index in [0.29, 0.717) is 6.54 Å². The van der Waals surface area contributed by atoms with Crippen LogP contribution in [0.1, 0.15) is 36.8 Å². The summed E-state index contributed by atoms with van der Waals surface area (Å²) in [6, 6.07) is 12.1. The van der Waals surface area contributed by atoms with E-state index in [2.05, 4.69) is 10.6 Å². The van der Waals surface area contributed by atoms with Gasteiger partial charge in [0.2, 0.25) is 0 Å². The standard InChI is InChI=1S/C21H23F3N2O2/c1-28-16-10-8-15(9-11-16)20(12-4-5-13-20)14-25-19(27)26-18-7-3-2-6-17(18)21(22,23)24/h2-3,6-11H,4-5,12-14H2,1H3,(H2,25,26,27). The van der Waals surface area contributed by atoms with Crippen LogP contribution in [0.3, 0.4) is 0 Å². The highest BCUT2D eigenvalue weighted by Crippen LogP contribution is 2.41. The van der Waals surface area contributed by atoms with Gasteiger partial charge in [0.05, 0.1) is 18.4 Å². The zero-order valence-electron chi connectivity index (χ0n) is 15.6. The second-order valence-corrected chi connectivity index (χ2v) is 7.07. The van der Waals surface area contributed by atoms with E-state index in [1.807, 2.05) is 24.3 Å². The first kappa shape index (κ1) is 20.0. The van der Waals surface area contributed by atoms with E-state index in [0.717, 1.165) is 43.1 Å². The van der Waals surface area contributed by atoms with Gasteiger partial charge in [0.1, 0.15) is 5.75 Å². The fourth-order valence-electron chi connectivity index (χ4n) is 3.82. The number of nitrogens with one attached hydrogen (secondary N) is 2. The number of rotatable bonds is 5. The number of ether oxygens (including phenoxy) is 1. The lowest BCUT2D eigenvalue weighted by atomic mass is 9.79. The predicted octanol–water partition coefficient (Wildman–Crippen LogP) is 5.35. The summed E-state index contributed by atoms with van der Waals surface area (Å²) in [4.78, 5) is 12.3. The first-order chi connectivity index (χ1) is 13.3. The van der Waals surface area contributed by atoms with Crippen LogP contribution < -0.4 is 15.4 Å². The number of methoxy groups -OCH3 is 1. The minimum Gasteiger partial charge on any atom is -0.497 e. The van der Waals surface area contributed by atoms with Crippen molar-refractivity contribution in [3.63, 3.8) is 0 Å². The maximum absolute atomic E-state index is 13.1. The van der Waals surface area contributed by atoms with Crippen LogP contribution in [0.25, 0.3) is 0 Å². The largest absolute Gasteiger partial charge is 0.497 e. The van der Waals surface area contributed by atoms with E-state index in [4.69, 9.17) is 4.74 Å². The predicted molar refractivity (Wildman–Crippen MR) is 102 cm³/mol. The third-order valence-corrected chi connectivity index (χ3v) is 5.33. The molecule has 2 N–H and O–H groups in total. The molecule has 2 aromatic rings. The number of para-hydroxylation sites is 1. The summed E-state index contributed by atoms with van der Waals surface area (Å²) in [5.41, 5.74) is -0.234. The number of alkyl halides is 3. The minimum atomic E-state index is -4.53. The van der Waals surface area contributed by atoms with Gasteiger partial charge in [-0.3, -0.25) is 0 Å². The van der Waals surface area contributed by atoms with Crippen molar-refractivity contribution in [2.75, 3.05) is 19.0 Å². The number of benzene rings is 2. The molecule has 1 fully saturated rings. The summed E-state index contributed by atoms with van der Waals surface area (Å²) in [6.45, 7) is 0.360. The van der Waals surface area contributed by atoms with Crippen LogP contribution in [0.5, 0.6) is 5.75 Å². The molecule has 1 aliphatic rings. The van der Waals surface area contributed by atoms with Gasteiger partial charge in [0, 0.05) is 12.0 Å². The Bertz CT molecular complexity index is 813. The van der Waals surface area contributed by atoms with Crippen molar-refractivity contribution in [1.29, 1.82) is 0 Å². The van der Waals surface area contributed by atoms with Gasteiger partial charge in [0.15, 0.2) is 0 Å². The quantitative estimate of drug-likeness (QED) is 0.721. The number of hydrogen-bond donors (Lipinski definition) is 2. The second kappa shape index (κ2) is 8.12. The van der Waals surface area contributed by atoms with E-state index < -0.39 is 17.8 Å². The molecule has 2 aromatic carbocycles. The summed E-state index contributed by atoms with van der Waals surface area (Å²) in [6.07, 6.45) is -0.602. The van der Waals surface area contributed by atoms with E-state index in [9.17, 15) is 18.0 Å². The third kappa shape index (κ3) is 4.40. The average molecular weight is 392 g/mol. The van der Waals surface area contributed by atoms with Gasteiger partial charge in [-0.05, 0) is 42.7 Å². The molecule has 0 heterocycles. The molecule has 0 saturated heterocycles. The van der Waals surface area contributed by atoms with Crippen molar-refractivity contribution in [2.45, 2.75) is 37.3 Å². The van der Waals surface area contributed by atoms with Crippen molar-refractivity contribution in [2.24, 2.45) is 0 Å². The van der Waals surface area contributed by atoms with Crippen LogP contribution >= 0.6 is 0 Å². The summed E-state index contributed by atoms with van der Waals surface area (Å²) in [5.74, 6) is 0.756. The Hall–Kier alpha value is -2.70. The van der Waals surface area contributed by atoms with Crippen molar-refractivity contribution < 1.29 is 22.7 Å². The van der Waals surface area contributed by atoms with Gasteiger partial charge >= 0.3 is 12.2 Å². The fraction of sp³-hybridized carbons (Fsp3) is 0.381. The Kier molecular flexibility index (Phi) is 5.82. The van der Waals surface area contributed by atoms with Crippen LogP contribution in [0, 0.1) is 0 Å². The lowest BCUT2D eigenvalue weighted by molar-refractivity contribution is -0.136. The van der Waals surface area contributed by atoms with Gasteiger partial charge in [-0.15, -0.1) is 0 Å². The Labute approximate surface area is 162 Å². The molecule has 7 heteroatoms. The Morgan fingerprint density at radius 1 is 1.07 bits per heavy atom. The Morgan fingerprint density at radius 3 is 2.32 bits per heavy atom. The van der Waals surface area contributed by atoms with E-state index >= 15 is 0 Å². The first-order valence-corrected chi connectivity index (χ1v) is 9.20. The van der Waals surface area contributed by atoms with E-state index in [1.165, 1.54) is 18.2 Å². The Morgan fingerprint density at radius 2 is 1.71 bits per heavy atom. The van der Waals surface area contributed by atoms with Crippen LogP contribution in [0.15, 0.2) is 48.5 Å². The van der Waals surface area contributed by atoms with Crippen LogP contribution in [0.4, 0.5) is 23.7 Å². The van der Waals surface area contributed by atoms with Gasteiger partial charge in [-0.1, -0.05) is 37.1 Å². The summed E-state index contributed by atoms with van der Waals surface area (Å²) < 4.78 is 44.5. The van der Waals surface area contributed by atoms with Crippen molar-refractivity contribution >= 4 is 11.7 Å². The number of carbonyl (C=O) groups excluding carboxylic acids is 1. The SMILES string of the molecule is COc1ccc(C2(CNC(=O)Nc3ccccc3C(F)(F)F)CCCC2)cc1. The van der Waals surface area contributed by atoms with E-state index in [1.54, 1.807) is 7.11 Å². The second-order valence-electron chi connectivity index (χ2n) is 7.07. The molecule has 150 valence electrons. The molecule has 0 atom stereocenters. The zero-order valence-corrected chi connectivity index (χ0v) is 15.6. The molecule has 0 spiro atoms. The van der Waals surface area contributed by atoms with Gasteiger partial charge in [0.25, 0.3) is 0 Å². The van der Waals surface area contributed by atoms with Crippen LogP contribution in [-0.4, -0.2) is 19.7 Å². The molecule has 0 unspecified atom stereocenters. The molecule has 0 radical (unpaired) electrons. The number of carbonyl (C=O) groups is 1. The fourth-order valence-corrected chi connectivity index (χ4v) is 3.82. The Balaban J connectivity index is 1.70. The number of anilines is 1. The van der Waals surface area contributed by atoms with Crippen LogP contribution in [0.2, 0.25) is 0 Å². The lowest BCUT2D eigenvalue weighted by Gasteiger charge is -2.30. The number of halogens is 3. The molecule has 28 heavy (non-hydrogen) atoms. The summed E-state index contributed by atoms with van der Waals surface area (Å²) >= 11 is 0. The van der Waals surface area contributed by atoms with Crippen molar-refractivity contribution in [1.82, 2.24) is 5.32 Å². The molecule has 1 saturated carbocycles. The molecular weight excluding hydrogens is 369 g/mol. The van der Waals surface area contributed by atoms with Crippen molar-refractivity contribution in [3.8, 4) is 5.75 Å². The third-order valence-electron chi connectivity index (χ3n) is 5.33. The molecule has 4 nitrogen and oxygen atoms in total. The van der Waals surface area contributed by atoms with Gasteiger partial charge < -0.3 is 15.4 Å². The first-order valence-electron chi connectivity index (χ1n) is 9.20. The normalized spacial score (nSPS) is 15.9. The lowest BCUT2D eigenvalue weighted by Crippen LogP contribution is -2.41. The van der Waals surface area contributed by atoms with Gasteiger partial charge in [-0.25, -0.2) is 4.79 Å².